The van der Waals surface area contributed by atoms with Crippen LogP contribution >= 0.6 is 0 Å². The van der Waals surface area contributed by atoms with Gasteiger partial charge in [0.1, 0.15) is 0 Å². The van der Waals surface area contributed by atoms with E-state index in [0.29, 0.717) is 5.92 Å². The van der Waals surface area contributed by atoms with Crippen molar-refractivity contribution in [1.82, 2.24) is 15.1 Å². The first-order valence-electron chi connectivity index (χ1n) is 6.20. The lowest BCUT2D eigenvalue weighted by atomic mass is 10.1. The van der Waals surface area contributed by atoms with Crippen LogP contribution in [0.15, 0.2) is 42.6 Å². The van der Waals surface area contributed by atoms with Crippen LogP contribution in [-0.2, 0) is 6.54 Å². The second-order valence-electron chi connectivity index (χ2n) is 4.59. The number of nitrogens with one attached hydrogen (secondary N) is 1. The van der Waals surface area contributed by atoms with Gasteiger partial charge in [-0.3, -0.25) is 4.68 Å². The van der Waals surface area contributed by atoms with E-state index in [9.17, 15) is 0 Å². The van der Waals surface area contributed by atoms with Gasteiger partial charge in [-0.15, -0.1) is 0 Å². The van der Waals surface area contributed by atoms with Crippen molar-refractivity contribution in [2.45, 2.75) is 18.9 Å². The zero-order chi connectivity index (χ0) is 11.5. The Bertz CT molecular complexity index is 469. The molecule has 3 nitrogen and oxygen atoms in total. The molecule has 0 amide bonds. The Hall–Kier alpha value is -1.61. The Balaban J connectivity index is 1.81. The third-order valence-electron chi connectivity index (χ3n) is 3.40. The van der Waals surface area contributed by atoms with E-state index in [4.69, 9.17) is 0 Å². The van der Waals surface area contributed by atoms with Crippen molar-refractivity contribution in [2.24, 2.45) is 0 Å². The van der Waals surface area contributed by atoms with Crippen LogP contribution in [0, 0.1) is 0 Å². The molecule has 1 aliphatic heterocycles. The first kappa shape index (κ1) is 10.5. The van der Waals surface area contributed by atoms with E-state index in [1.165, 1.54) is 17.7 Å². The molecule has 0 radical (unpaired) electrons. The van der Waals surface area contributed by atoms with E-state index in [0.717, 1.165) is 19.6 Å². The molecule has 1 aliphatic rings. The van der Waals surface area contributed by atoms with Gasteiger partial charge >= 0.3 is 0 Å². The van der Waals surface area contributed by atoms with E-state index < -0.39 is 0 Å². The van der Waals surface area contributed by atoms with Crippen molar-refractivity contribution in [1.29, 1.82) is 0 Å². The highest BCUT2D eigenvalue weighted by atomic mass is 15.3. The number of hydrogen-bond donors (Lipinski definition) is 1. The van der Waals surface area contributed by atoms with Crippen molar-refractivity contribution in [3.63, 3.8) is 0 Å². The quantitative estimate of drug-likeness (QED) is 0.869. The minimum Gasteiger partial charge on any atom is -0.316 e. The van der Waals surface area contributed by atoms with Gasteiger partial charge in [-0.25, -0.2) is 0 Å². The van der Waals surface area contributed by atoms with Gasteiger partial charge in [0, 0.05) is 24.4 Å². The molecular weight excluding hydrogens is 210 g/mol. The summed E-state index contributed by atoms with van der Waals surface area (Å²) in [5.41, 5.74) is 2.67. The second-order valence-corrected chi connectivity index (χ2v) is 4.59. The summed E-state index contributed by atoms with van der Waals surface area (Å²) in [7, 11) is 0. The van der Waals surface area contributed by atoms with Crippen LogP contribution in [-0.4, -0.2) is 22.9 Å². The maximum atomic E-state index is 4.44. The van der Waals surface area contributed by atoms with Crippen LogP contribution < -0.4 is 5.32 Å². The average Bonchev–Trinajstić information content (AvgIpc) is 3.00. The smallest absolute Gasteiger partial charge is 0.0662 e. The van der Waals surface area contributed by atoms with E-state index in [2.05, 4.69) is 45.4 Å². The van der Waals surface area contributed by atoms with Gasteiger partial charge in [0.2, 0.25) is 0 Å². The van der Waals surface area contributed by atoms with E-state index in [-0.39, 0.29) is 0 Å². The standard InChI is InChI=1S/C14H17N3/c1-2-4-12(5-3-1)11-17-14(7-9-16-17)13-6-8-15-10-13/h1-5,7,9,13,15H,6,8,10-11H2. The van der Waals surface area contributed by atoms with Crippen molar-refractivity contribution >= 4 is 0 Å². The normalized spacial score (nSPS) is 19.6. The summed E-state index contributed by atoms with van der Waals surface area (Å²) in [6, 6.07) is 12.7. The molecule has 3 heteroatoms. The predicted octanol–water partition coefficient (Wildman–Crippen LogP) is 2.01. The van der Waals surface area contributed by atoms with Gasteiger partial charge in [0.05, 0.1) is 6.54 Å². The molecule has 3 rings (SSSR count). The zero-order valence-electron chi connectivity index (χ0n) is 9.84. The van der Waals surface area contributed by atoms with Crippen LogP contribution in [0.1, 0.15) is 23.6 Å². The molecule has 0 bridgehead atoms. The summed E-state index contributed by atoms with van der Waals surface area (Å²) in [4.78, 5) is 0. The molecule has 1 unspecified atom stereocenters. The van der Waals surface area contributed by atoms with E-state index >= 15 is 0 Å². The zero-order valence-corrected chi connectivity index (χ0v) is 9.84. The summed E-state index contributed by atoms with van der Waals surface area (Å²) in [5.74, 6) is 0.626. The van der Waals surface area contributed by atoms with E-state index in [1.807, 2.05) is 12.3 Å². The summed E-state index contributed by atoms with van der Waals surface area (Å²) >= 11 is 0. The summed E-state index contributed by atoms with van der Waals surface area (Å²) in [5, 5.41) is 7.86. The molecule has 1 N–H and O–H groups in total. The minimum absolute atomic E-state index is 0.626. The van der Waals surface area contributed by atoms with Crippen LogP contribution in [0.2, 0.25) is 0 Å². The van der Waals surface area contributed by atoms with Gasteiger partial charge in [-0.2, -0.15) is 5.10 Å². The lowest BCUT2D eigenvalue weighted by Gasteiger charge is -2.12. The van der Waals surface area contributed by atoms with E-state index in [1.54, 1.807) is 0 Å². The fourth-order valence-corrected chi connectivity index (χ4v) is 2.49. The molecule has 2 heterocycles. The number of nitrogens with zero attached hydrogens (tertiary/aromatic N) is 2. The van der Waals surface area contributed by atoms with Gasteiger partial charge in [-0.05, 0) is 24.6 Å². The summed E-state index contributed by atoms with van der Waals surface area (Å²) in [6.45, 7) is 3.08. The van der Waals surface area contributed by atoms with Gasteiger partial charge in [0.25, 0.3) is 0 Å². The van der Waals surface area contributed by atoms with Crippen molar-refractivity contribution in [3.8, 4) is 0 Å². The lowest BCUT2D eigenvalue weighted by Crippen LogP contribution is -2.13. The maximum absolute atomic E-state index is 4.44. The SMILES string of the molecule is c1ccc(Cn2nccc2C2CCNC2)cc1. The Kier molecular flexibility index (Phi) is 2.92. The third kappa shape index (κ3) is 2.24. The topological polar surface area (TPSA) is 29.9 Å². The van der Waals surface area contributed by atoms with Crippen molar-refractivity contribution in [2.75, 3.05) is 13.1 Å². The molecule has 1 fully saturated rings. The molecular formula is C14H17N3. The van der Waals surface area contributed by atoms with Crippen LogP contribution in [0.3, 0.4) is 0 Å². The lowest BCUT2D eigenvalue weighted by molar-refractivity contribution is 0.597. The Morgan fingerprint density at radius 3 is 2.88 bits per heavy atom. The maximum Gasteiger partial charge on any atom is 0.0662 e. The number of aromatic nitrogens is 2. The molecule has 0 aliphatic carbocycles. The highest BCUT2D eigenvalue weighted by Gasteiger charge is 2.20. The minimum atomic E-state index is 0.626. The molecule has 1 aromatic carbocycles. The monoisotopic (exact) mass is 227 g/mol. The van der Waals surface area contributed by atoms with Crippen molar-refractivity contribution in [3.05, 3.63) is 53.9 Å². The molecule has 1 atom stereocenters. The van der Waals surface area contributed by atoms with Crippen LogP contribution in [0.4, 0.5) is 0 Å². The fourth-order valence-electron chi connectivity index (χ4n) is 2.49. The fraction of sp³-hybridized carbons (Fsp3) is 0.357. The van der Waals surface area contributed by atoms with Crippen LogP contribution in [0.5, 0.6) is 0 Å². The third-order valence-corrected chi connectivity index (χ3v) is 3.40. The van der Waals surface area contributed by atoms with Gasteiger partial charge in [0.15, 0.2) is 0 Å². The van der Waals surface area contributed by atoms with Crippen molar-refractivity contribution < 1.29 is 0 Å². The largest absolute Gasteiger partial charge is 0.316 e. The summed E-state index contributed by atoms with van der Waals surface area (Å²) < 4.78 is 2.13. The molecule has 0 saturated carbocycles. The highest BCUT2D eigenvalue weighted by molar-refractivity contribution is 5.17. The van der Waals surface area contributed by atoms with Gasteiger partial charge < -0.3 is 5.32 Å². The molecule has 2 aromatic rings. The molecule has 1 aromatic heterocycles. The number of rotatable bonds is 3. The number of benzene rings is 1. The Labute approximate surface area is 101 Å². The average molecular weight is 227 g/mol. The predicted molar refractivity (Wildman–Crippen MR) is 68.0 cm³/mol. The first-order valence-corrected chi connectivity index (χ1v) is 6.20. The second kappa shape index (κ2) is 4.72. The molecule has 17 heavy (non-hydrogen) atoms. The number of hydrogen-bond acceptors (Lipinski definition) is 2. The first-order chi connectivity index (χ1) is 8.43. The Morgan fingerprint density at radius 1 is 1.24 bits per heavy atom. The molecule has 0 spiro atoms. The highest BCUT2D eigenvalue weighted by Crippen LogP contribution is 2.22. The molecule has 1 saturated heterocycles. The Morgan fingerprint density at radius 2 is 2.12 bits per heavy atom. The van der Waals surface area contributed by atoms with Crippen LogP contribution in [0.25, 0.3) is 0 Å². The van der Waals surface area contributed by atoms with Gasteiger partial charge in [-0.1, -0.05) is 30.3 Å². The summed E-state index contributed by atoms with van der Waals surface area (Å²) in [6.07, 6.45) is 3.14. The molecule has 88 valence electrons.